The molecule has 2 amide bonds. The van der Waals surface area contributed by atoms with Gasteiger partial charge in [-0.05, 0) is 26.3 Å². The summed E-state index contributed by atoms with van der Waals surface area (Å²) in [4.78, 5) is 31.4. The van der Waals surface area contributed by atoms with Crippen LogP contribution in [-0.2, 0) is 16.1 Å². The van der Waals surface area contributed by atoms with Gasteiger partial charge in [0.05, 0.1) is 0 Å². The number of hydrogen-bond acceptors (Lipinski definition) is 6. The highest BCUT2D eigenvalue weighted by molar-refractivity contribution is 5.74. The zero-order valence-corrected chi connectivity index (χ0v) is 20.1. The van der Waals surface area contributed by atoms with Gasteiger partial charge in [-0.1, -0.05) is 60.7 Å². The third-order valence-electron chi connectivity index (χ3n) is 3.60. The second-order valence-electron chi connectivity index (χ2n) is 7.89. The van der Waals surface area contributed by atoms with Gasteiger partial charge in [0.25, 0.3) is 0 Å². The van der Waals surface area contributed by atoms with Crippen molar-refractivity contribution < 1.29 is 19.1 Å². The van der Waals surface area contributed by atoms with Crippen LogP contribution in [0.2, 0.25) is 0 Å². The molecule has 2 aromatic rings. The van der Waals surface area contributed by atoms with Crippen molar-refractivity contribution in [3.8, 4) is 0 Å². The van der Waals surface area contributed by atoms with E-state index in [9.17, 15) is 14.4 Å². The van der Waals surface area contributed by atoms with Gasteiger partial charge < -0.3 is 26.4 Å². The zero-order chi connectivity index (χ0) is 25.0. The number of carbonyl (C=O) groups is 3. The first-order valence-corrected chi connectivity index (χ1v) is 10.8. The molecule has 0 bridgehead atoms. The molecule has 0 aliphatic heterocycles. The first-order valence-electron chi connectivity index (χ1n) is 10.8. The summed E-state index contributed by atoms with van der Waals surface area (Å²) in [5, 5.41) is 8.48. The van der Waals surface area contributed by atoms with Gasteiger partial charge in [0, 0.05) is 45.2 Å². The van der Waals surface area contributed by atoms with E-state index in [1.165, 1.54) is 12.5 Å². The van der Waals surface area contributed by atoms with Gasteiger partial charge >= 0.3 is 6.09 Å². The Morgan fingerprint density at radius 1 is 0.909 bits per heavy atom. The molecule has 0 radical (unpaired) electrons. The topological polar surface area (TPSA) is 123 Å². The molecule has 0 atom stereocenters. The Morgan fingerprint density at radius 3 is 1.91 bits per heavy atom. The Hall–Kier alpha value is -3.23. The molecule has 0 unspecified atom stereocenters. The van der Waals surface area contributed by atoms with Gasteiger partial charge in [-0.25, -0.2) is 4.79 Å². The molecule has 0 aromatic heterocycles. The van der Waals surface area contributed by atoms with Crippen molar-refractivity contribution in [1.29, 1.82) is 0 Å². The van der Waals surface area contributed by atoms with Crippen LogP contribution in [0, 0.1) is 0 Å². The van der Waals surface area contributed by atoms with Crippen molar-refractivity contribution in [3.63, 3.8) is 0 Å². The van der Waals surface area contributed by atoms with E-state index in [-0.39, 0.29) is 12.0 Å². The SMILES string of the molecule is CC(=O)NCCN.CC(C)(C)OC(=O)NCCNCc1ccccc1.O=Cc1ccccc1. The standard InChI is InChI=1S/C14H22N2O2.C7H6O.C4H10N2O/c1-14(2,3)18-13(17)16-10-9-15-11-12-7-5-4-6-8-12;8-6-7-4-2-1-3-5-7;1-4(7)6-3-2-5/h4-8,15H,9-11H2,1-3H3,(H,16,17);1-6H;2-3,5H2,1H3,(H,6,7). The summed E-state index contributed by atoms with van der Waals surface area (Å²) >= 11 is 0. The van der Waals surface area contributed by atoms with Gasteiger partial charge in [0.15, 0.2) is 0 Å². The first kappa shape index (κ1) is 29.8. The van der Waals surface area contributed by atoms with E-state index in [1.807, 2.05) is 57.2 Å². The summed E-state index contributed by atoms with van der Waals surface area (Å²) in [6.07, 6.45) is 0.462. The number of amides is 2. The quantitative estimate of drug-likeness (QED) is 0.356. The van der Waals surface area contributed by atoms with E-state index >= 15 is 0 Å². The maximum absolute atomic E-state index is 11.3. The molecule has 0 aliphatic rings. The Labute approximate surface area is 197 Å². The Bertz CT molecular complexity index is 778. The molecule has 2 aromatic carbocycles. The van der Waals surface area contributed by atoms with E-state index in [0.717, 1.165) is 18.4 Å². The average Bonchev–Trinajstić information content (AvgIpc) is 2.78. The average molecular weight is 459 g/mol. The van der Waals surface area contributed by atoms with Crippen molar-refractivity contribution in [2.45, 2.75) is 39.8 Å². The lowest BCUT2D eigenvalue weighted by molar-refractivity contribution is -0.118. The van der Waals surface area contributed by atoms with Crippen molar-refractivity contribution in [3.05, 3.63) is 71.8 Å². The minimum absolute atomic E-state index is 0.0227. The molecule has 0 saturated heterocycles. The normalized spacial score (nSPS) is 9.85. The summed E-state index contributed by atoms with van der Waals surface area (Å²) in [7, 11) is 0. The van der Waals surface area contributed by atoms with Gasteiger partial charge in [0.2, 0.25) is 5.91 Å². The number of benzene rings is 2. The maximum atomic E-state index is 11.3. The molecule has 33 heavy (non-hydrogen) atoms. The molecular weight excluding hydrogens is 420 g/mol. The lowest BCUT2D eigenvalue weighted by atomic mass is 10.2. The molecular formula is C25H38N4O4. The highest BCUT2D eigenvalue weighted by atomic mass is 16.6. The predicted octanol–water partition coefficient (Wildman–Crippen LogP) is 2.88. The summed E-state index contributed by atoms with van der Waals surface area (Å²) < 4.78 is 5.12. The molecule has 0 aliphatic carbocycles. The van der Waals surface area contributed by atoms with E-state index in [2.05, 4.69) is 28.1 Å². The second kappa shape index (κ2) is 18.4. The maximum Gasteiger partial charge on any atom is 0.407 e. The zero-order valence-electron chi connectivity index (χ0n) is 20.1. The number of aldehydes is 1. The van der Waals surface area contributed by atoms with Gasteiger partial charge in [-0.3, -0.25) is 9.59 Å². The van der Waals surface area contributed by atoms with E-state index < -0.39 is 5.60 Å². The van der Waals surface area contributed by atoms with Crippen LogP contribution in [0.25, 0.3) is 0 Å². The fraction of sp³-hybridized carbons (Fsp3) is 0.400. The Morgan fingerprint density at radius 2 is 1.48 bits per heavy atom. The van der Waals surface area contributed by atoms with Crippen LogP contribution >= 0.6 is 0 Å². The second-order valence-corrected chi connectivity index (χ2v) is 7.89. The molecule has 0 fully saturated rings. The van der Waals surface area contributed by atoms with E-state index in [4.69, 9.17) is 10.5 Å². The third kappa shape index (κ3) is 20.4. The fourth-order valence-corrected chi connectivity index (χ4v) is 2.18. The number of nitrogens with one attached hydrogen (secondary N) is 3. The van der Waals surface area contributed by atoms with E-state index in [0.29, 0.717) is 26.2 Å². The van der Waals surface area contributed by atoms with Gasteiger partial charge in [0.1, 0.15) is 11.9 Å². The number of carbonyl (C=O) groups excluding carboxylic acids is 3. The van der Waals surface area contributed by atoms with Gasteiger partial charge in [-0.2, -0.15) is 0 Å². The number of alkyl carbamates (subject to hydrolysis) is 1. The molecule has 2 rings (SSSR count). The van der Waals surface area contributed by atoms with Crippen molar-refractivity contribution in [2.75, 3.05) is 26.2 Å². The molecule has 8 heteroatoms. The lowest BCUT2D eigenvalue weighted by Crippen LogP contribution is -2.36. The number of hydrogen-bond donors (Lipinski definition) is 4. The molecule has 8 nitrogen and oxygen atoms in total. The van der Waals surface area contributed by atoms with Crippen LogP contribution < -0.4 is 21.7 Å². The smallest absolute Gasteiger partial charge is 0.407 e. The fourth-order valence-electron chi connectivity index (χ4n) is 2.18. The minimum Gasteiger partial charge on any atom is -0.444 e. The summed E-state index contributed by atoms with van der Waals surface area (Å²) in [5.41, 5.74) is 6.58. The Kier molecular flexibility index (Phi) is 16.6. The van der Waals surface area contributed by atoms with Crippen molar-refractivity contribution in [2.24, 2.45) is 5.73 Å². The molecule has 182 valence electrons. The van der Waals surface area contributed by atoms with Crippen LogP contribution in [0.3, 0.4) is 0 Å². The number of nitrogens with two attached hydrogens (primary N) is 1. The highest BCUT2D eigenvalue weighted by Crippen LogP contribution is 2.06. The van der Waals surface area contributed by atoms with Crippen LogP contribution in [0.4, 0.5) is 4.79 Å². The van der Waals surface area contributed by atoms with Crippen LogP contribution in [-0.4, -0.2) is 50.1 Å². The number of rotatable bonds is 8. The van der Waals surface area contributed by atoms with Crippen LogP contribution in [0.5, 0.6) is 0 Å². The largest absolute Gasteiger partial charge is 0.444 e. The first-order chi connectivity index (χ1) is 15.7. The lowest BCUT2D eigenvalue weighted by Gasteiger charge is -2.19. The molecule has 5 N–H and O–H groups in total. The number of ether oxygens (including phenoxy) is 1. The van der Waals surface area contributed by atoms with E-state index in [1.54, 1.807) is 12.1 Å². The monoisotopic (exact) mass is 458 g/mol. The summed E-state index contributed by atoms with van der Waals surface area (Å²) in [5.74, 6) is -0.0227. The molecule has 0 spiro atoms. The van der Waals surface area contributed by atoms with Crippen LogP contribution in [0.15, 0.2) is 60.7 Å². The van der Waals surface area contributed by atoms with Crippen LogP contribution in [0.1, 0.15) is 43.6 Å². The summed E-state index contributed by atoms with van der Waals surface area (Å²) in [6.45, 7) is 10.2. The summed E-state index contributed by atoms with van der Waals surface area (Å²) in [6, 6.07) is 19.2. The minimum atomic E-state index is -0.443. The third-order valence-corrected chi connectivity index (χ3v) is 3.60. The highest BCUT2D eigenvalue weighted by Gasteiger charge is 2.15. The molecule has 0 heterocycles. The predicted molar refractivity (Wildman–Crippen MR) is 132 cm³/mol. The van der Waals surface area contributed by atoms with Gasteiger partial charge in [-0.15, -0.1) is 0 Å². The molecule has 0 saturated carbocycles. The van der Waals surface area contributed by atoms with Crippen molar-refractivity contribution in [1.82, 2.24) is 16.0 Å². The Balaban J connectivity index is 0.000000560. The van der Waals surface area contributed by atoms with Crippen molar-refractivity contribution >= 4 is 18.3 Å².